The van der Waals surface area contributed by atoms with Crippen LogP contribution in [-0.2, 0) is 31.8 Å². The Morgan fingerprint density at radius 1 is 1.15 bits per heavy atom. The first-order chi connectivity index (χ1) is 12.0. The number of methoxy groups -OCH3 is 1. The number of rotatable bonds is 7. The average Bonchev–Trinajstić information content (AvgIpc) is 2.55. The van der Waals surface area contributed by atoms with Gasteiger partial charge in [-0.1, -0.05) is 30.3 Å². The molecule has 1 aromatic carbocycles. The summed E-state index contributed by atoms with van der Waals surface area (Å²) in [6.07, 6.45) is 4.11. The summed E-state index contributed by atoms with van der Waals surface area (Å²) in [6.45, 7) is 0.173. The van der Waals surface area contributed by atoms with E-state index in [1.165, 1.54) is 7.11 Å². The third kappa shape index (κ3) is 14.8. The van der Waals surface area contributed by atoms with Crippen molar-refractivity contribution in [2.24, 2.45) is 0 Å². The summed E-state index contributed by atoms with van der Waals surface area (Å²) in [7, 11) is -3.44. The van der Waals surface area contributed by atoms with Crippen LogP contribution in [-0.4, -0.2) is 43.5 Å². The van der Waals surface area contributed by atoms with Gasteiger partial charge in [-0.3, -0.25) is 0 Å². The highest BCUT2D eigenvalue weighted by Crippen LogP contribution is 2.03. The maximum atomic E-state index is 11.8. The minimum atomic E-state index is -4.94. The Bertz CT molecular complexity index is 532. The molecule has 0 aliphatic carbocycles. The molecule has 0 spiro atoms. The molecule has 1 aromatic rings. The second-order valence-electron chi connectivity index (χ2n) is 5.14. The molecule has 1 amide bonds. The van der Waals surface area contributed by atoms with Crippen molar-refractivity contribution < 1.29 is 47.9 Å². The number of ether oxygens (including phenoxy) is 2. The van der Waals surface area contributed by atoms with Gasteiger partial charge >= 0.3 is 12.1 Å². The quantitative estimate of drug-likeness (QED) is 0.366. The molecular weight excluding hydrogens is 390 g/mol. The maximum absolute atomic E-state index is 11.8. The van der Waals surface area contributed by atoms with E-state index in [0.717, 1.165) is 11.3 Å². The van der Waals surface area contributed by atoms with Crippen LogP contribution in [0.15, 0.2) is 30.3 Å². The number of carbonyl (C=O) groups is 2. The molecule has 0 aliphatic heterocycles. The SMILES string of the molecule is COC(=O)C(CC[S+](C)C)NC(=O)OCc1ccccc1.[O-][Cl+3]([O-])([O-])[O-]. The number of hydrogen-bond acceptors (Lipinski definition) is 8. The van der Waals surface area contributed by atoms with Gasteiger partial charge in [-0.25, -0.2) is 28.2 Å². The second kappa shape index (κ2) is 12.7. The number of benzene rings is 1. The van der Waals surface area contributed by atoms with Crippen molar-refractivity contribution in [3.05, 3.63) is 35.9 Å². The van der Waals surface area contributed by atoms with Crippen LogP contribution in [0.2, 0.25) is 0 Å². The molecule has 0 fully saturated rings. The van der Waals surface area contributed by atoms with E-state index in [-0.39, 0.29) is 17.5 Å². The van der Waals surface area contributed by atoms with Gasteiger partial charge in [0.15, 0.2) is 0 Å². The van der Waals surface area contributed by atoms with Gasteiger partial charge in [-0.15, -0.1) is 10.2 Å². The van der Waals surface area contributed by atoms with E-state index in [1.54, 1.807) is 0 Å². The third-order valence-corrected chi connectivity index (χ3v) is 3.86. The fraction of sp³-hybridized carbons (Fsp3) is 0.467. The van der Waals surface area contributed by atoms with Crippen molar-refractivity contribution >= 4 is 23.0 Å². The van der Waals surface area contributed by atoms with Gasteiger partial charge in [0, 0.05) is 6.42 Å². The fourth-order valence-electron chi connectivity index (χ4n) is 1.65. The number of alkyl carbamates (subject to hydrolysis) is 1. The number of nitrogens with one attached hydrogen (secondary N) is 1. The molecule has 26 heavy (non-hydrogen) atoms. The lowest BCUT2D eigenvalue weighted by Gasteiger charge is -2.17. The van der Waals surface area contributed by atoms with Gasteiger partial charge in [0.1, 0.15) is 18.4 Å². The molecule has 0 saturated heterocycles. The van der Waals surface area contributed by atoms with Crippen molar-refractivity contribution in [2.45, 2.75) is 19.1 Å². The molecule has 0 aromatic heterocycles. The first-order valence-corrected chi connectivity index (χ1v) is 10.7. The molecule has 148 valence electrons. The highest BCUT2D eigenvalue weighted by molar-refractivity contribution is 7.95. The molecule has 11 heteroatoms. The number of esters is 1. The van der Waals surface area contributed by atoms with Gasteiger partial charge < -0.3 is 14.8 Å². The summed E-state index contributed by atoms with van der Waals surface area (Å²) < 4.78 is 43.8. The van der Waals surface area contributed by atoms with Crippen molar-refractivity contribution in [1.29, 1.82) is 0 Å². The zero-order valence-electron chi connectivity index (χ0n) is 14.6. The minimum Gasteiger partial charge on any atom is -0.467 e. The molecule has 0 aliphatic rings. The Balaban J connectivity index is 0.00000110. The van der Waals surface area contributed by atoms with Gasteiger partial charge in [0.05, 0.1) is 19.6 Å². The summed E-state index contributed by atoms with van der Waals surface area (Å²) in [5, 5.41) is 2.56. The van der Waals surface area contributed by atoms with Gasteiger partial charge in [-0.05, 0) is 16.5 Å². The van der Waals surface area contributed by atoms with Crippen LogP contribution in [0.25, 0.3) is 0 Å². The molecule has 0 heterocycles. The minimum absolute atomic E-state index is 0.173. The van der Waals surface area contributed by atoms with Crippen LogP contribution in [0.1, 0.15) is 12.0 Å². The molecule has 1 rings (SSSR count). The van der Waals surface area contributed by atoms with E-state index in [4.69, 9.17) is 28.1 Å². The van der Waals surface area contributed by atoms with Crippen LogP contribution in [0.5, 0.6) is 0 Å². The summed E-state index contributed by atoms with van der Waals surface area (Å²) >= 11 is 0. The summed E-state index contributed by atoms with van der Waals surface area (Å²) in [4.78, 5) is 23.4. The Hall–Kier alpha value is -1.56. The lowest BCUT2D eigenvalue weighted by Crippen LogP contribution is -2.68. The van der Waals surface area contributed by atoms with Crippen molar-refractivity contribution in [2.75, 3.05) is 25.4 Å². The van der Waals surface area contributed by atoms with Crippen LogP contribution in [0.3, 0.4) is 0 Å². The van der Waals surface area contributed by atoms with E-state index >= 15 is 0 Å². The summed E-state index contributed by atoms with van der Waals surface area (Å²) in [5.41, 5.74) is 0.894. The molecular formula is C15H22ClNO8S. The van der Waals surface area contributed by atoms with Gasteiger partial charge in [0.25, 0.3) is 0 Å². The lowest BCUT2D eigenvalue weighted by molar-refractivity contribution is -2.00. The lowest BCUT2D eigenvalue weighted by atomic mass is 10.2. The molecule has 1 unspecified atom stereocenters. The van der Waals surface area contributed by atoms with E-state index < -0.39 is 28.3 Å². The Kier molecular flexibility index (Phi) is 12.0. The number of halogens is 1. The zero-order valence-corrected chi connectivity index (χ0v) is 16.2. The molecule has 0 bridgehead atoms. The molecule has 0 radical (unpaired) electrons. The topological polar surface area (TPSA) is 157 Å². The van der Waals surface area contributed by atoms with Crippen molar-refractivity contribution in [3.8, 4) is 0 Å². The summed E-state index contributed by atoms with van der Waals surface area (Å²) in [6, 6.07) is 8.71. The Labute approximate surface area is 157 Å². The third-order valence-electron chi connectivity index (χ3n) is 2.81. The normalized spacial score (nSPS) is 11.8. The van der Waals surface area contributed by atoms with E-state index in [1.807, 2.05) is 30.3 Å². The van der Waals surface area contributed by atoms with E-state index in [0.29, 0.717) is 6.42 Å². The van der Waals surface area contributed by atoms with Crippen molar-refractivity contribution in [3.63, 3.8) is 0 Å². The molecule has 0 saturated carbocycles. The average molecular weight is 412 g/mol. The van der Waals surface area contributed by atoms with Crippen LogP contribution >= 0.6 is 0 Å². The molecule has 9 nitrogen and oxygen atoms in total. The maximum Gasteiger partial charge on any atom is 0.408 e. The Morgan fingerprint density at radius 2 is 1.69 bits per heavy atom. The Morgan fingerprint density at radius 3 is 2.15 bits per heavy atom. The zero-order chi connectivity index (χ0) is 20.2. The smallest absolute Gasteiger partial charge is 0.408 e. The monoisotopic (exact) mass is 411 g/mol. The van der Waals surface area contributed by atoms with Gasteiger partial charge in [-0.2, -0.15) is 0 Å². The highest BCUT2D eigenvalue weighted by Gasteiger charge is 2.24. The van der Waals surface area contributed by atoms with Crippen LogP contribution in [0, 0.1) is 10.2 Å². The molecule has 1 atom stereocenters. The summed E-state index contributed by atoms with van der Waals surface area (Å²) in [5.74, 6) is 0.399. The predicted octanol–water partition coefficient (Wildman–Crippen LogP) is -3.03. The van der Waals surface area contributed by atoms with Crippen molar-refractivity contribution in [1.82, 2.24) is 5.32 Å². The standard InChI is InChI=1S/C15H21NO4S.ClHO4/c1-19-14(17)13(9-10-21(2)3)16-15(18)20-11-12-7-5-4-6-8-12;2-1(3,4)5/h4-8,13H,9-11H2,1-3H3;(H,2,3,4,5). The largest absolute Gasteiger partial charge is 0.467 e. The molecule has 1 N–H and O–H groups in total. The highest BCUT2D eigenvalue weighted by atomic mass is 35.7. The van der Waals surface area contributed by atoms with E-state index in [2.05, 4.69) is 17.8 Å². The van der Waals surface area contributed by atoms with E-state index in [9.17, 15) is 9.59 Å². The van der Waals surface area contributed by atoms with Gasteiger partial charge in [0.2, 0.25) is 0 Å². The second-order valence-corrected chi connectivity index (χ2v) is 8.27. The predicted molar refractivity (Wildman–Crippen MR) is 84.3 cm³/mol. The number of carbonyl (C=O) groups excluding carboxylic acids is 2. The first kappa shape index (κ1) is 24.4. The van der Waals surface area contributed by atoms with Crippen LogP contribution < -0.4 is 24.0 Å². The number of hydrogen-bond donors (Lipinski definition) is 1. The fourth-order valence-corrected chi connectivity index (χ4v) is 2.36. The number of amides is 1. The first-order valence-electron chi connectivity index (χ1n) is 7.24. The van der Waals surface area contributed by atoms with Crippen LogP contribution in [0.4, 0.5) is 4.79 Å².